The van der Waals surface area contributed by atoms with Crippen molar-refractivity contribution in [2.45, 2.75) is 38.4 Å². The quantitative estimate of drug-likeness (QED) is 0.674. The third-order valence-electron chi connectivity index (χ3n) is 2.38. The molecule has 1 atom stereocenters. The van der Waals surface area contributed by atoms with E-state index in [1.807, 2.05) is 0 Å². The number of carboxylic acids is 1. The molecule has 0 bridgehead atoms. The molecule has 7 heteroatoms. The number of nitrogens with one attached hydrogen (secondary N) is 1. The maximum atomic E-state index is 11.4. The molecule has 0 aromatic carbocycles. The molecule has 1 aliphatic heterocycles. The minimum Gasteiger partial charge on any atom is -0.481 e. The summed E-state index contributed by atoms with van der Waals surface area (Å²) in [7, 11) is 0. The van der Waals surface area contributed by atoms with Gasteiger partial charge < -0.3 is 19.9 Å². The minimum atomic E-state index is -1.06. The molecule has 0 saturated carbocycles. The standard InChI is InChI=1S/C10H15NO6/c1-10(2,6-5-11-9(15)16-6)17-8(14)4-3-7(12)13/h6H,3-5H2,1-2H3,(H,11,15)(H,12,13). The van der Waals surface area contributed by atoms with E-state index in [4.69, 9.17) is 14.6 Å². The lowest BCUT2D eigenvalue weighted by Gasteiger charge is -2.29. The number of cyclic esters (lactones) is 1. The van der Waals surface area contributed by atoms with E-state index in [9.17, 15) is 14.4 Å². The Morgan fingerprint density at radius 1 is 1.53 bits per heavy atom. The van der Waals surface area contributed by atoms with Crippen LogP contribution in [0.15, 0.2) is 0 Å². The Bertz CT molecular complexity index is 338. The van der Waals surface area contributed by atoms with Gasteiger partial charge in [0.1, 0.15) is 5.60 Å². The summed E-state index contributed by atoms with van der Waals surface area (Å²) in [5.74, 6) is -1.69. The van der Waals surface area contributed by atoms with Gasteiger partial charge in [-0.2, -0.15) is 0 Å². The van der Waals surface area contributed by atoms with Crippen LogP contribution in [0, 0.1) is 0 Å². The number of alkyl carbamates (subject to hydrolysis) is 1. The predicted octanol–water partition coefficient (Wildman–Crippen LogP) is 0.281. The lowest BCUT2D eigenvalue weighted by Crippen LogP contribution is -2.43. The third kappa shape index (κ3) is 3.93. The number of esters is 1. The molecule has 1 unspecified atom stereocenters. The highest BCUT2D eigenvalue weighted by Gasteiger charge is 2.40. The van der Waals surface area contributed by atoms with Crippen LogP contribution in [0.2, 0.25) is 0 Å². The lowest BCUT2D eigenvalue weighted by atomic mass is 10.0. The van der Waals surface area contributed by atoms with E-state index in [0.29, 0.717) is 0 Å². The van der Waals surface area contributed by atoms with Crippen LogP contribution in [0.5, 0.6) is 0 Å². The van der Waals surface area contributed by atoms with Gasteiger partial charge in [-0.15, -0.1) is 0 Å². The summed E-state index contributed by atoms with van der Waals surface area (Å²) in [6.45, 7) is 3.48. The SMILES string of the molecule is CC(C)(OC(=O)CCC(=O)O)C1CNC(=O)O1. The van der Waals surface area contributed by atoms with Gasteiger partial charge in [0.2, 0.25) is 0 Å². The number of aliphatic carboxylic acids is 1. The van der Waals surface area contributed by atoms with Gasteiger partial charge in [0.25, 0.3) is 0 Å². The molecule has 0 radical (unpaired) electrons. The monoisotopic (exact) mass is 245 g/mol. The highest BCUT2D eigenvalue weighted by atomic mass is 16.6. The largest absolute Gasteiger partial charge is 0.481 e. The van der Waals surface area contributed by atoms with Crippen molar-refractivity contribution in [3.63, 3.8) is 0 Å². The minimum absolute atomic E-state index is 0.202. The number of amides is 1. The Labute approximate surface area is 98.1 Å². The molecule has 0 aromatic rings. The lowest BCUT2D eigenvalue weighted by molar-refractivity contribution is -0.166. The molecule has 96 valence electrons. The first kappa shape index (κ1) is 13.3. The average molecular weight is 245 g/mol. The Morgan fingerprint density at radius 3 is 2.65 bits per heavy atom. The average Bonchev–Trinajstić information content (AvgIpc) is 2.62. The van der Waals surface area contributed by atoms with Crippen molar-refractivity contribution < 1.29 is 29.0 Å². The summed E-state index contributed by atoms with van der Waals surface area (Å²) < 4.78 is 10.0. The van der Waals surface area contributed by atoms with E-state index in [2.05, 4.69) is 5.32 Å². The summed E-state index contributed by atoms with van der Waals surface area (Å²) in [6, 6.07) is 0. The van der Waals surface area contributed by atoms with E-state index in [1.165, 1.54) is 0 Å². The van der Waals surface area contributed by atoms with Crippen LogP contribution in [0.3, 0.4) is 0 Å². The fourth-order valence-corrected chi connectivity index (χ4v) is 1.40. The maximum Gasteiger partial charge on any atom is 0.407 e. The first-order valence-corrected chi connectivity index (χ1v) is 5.19. The summed E-state index contributed by atoms with van der Waals surface area (Å²) >= 11 is 0. The van der Waals surface area contributed by atoms with E-state index in [1.54, 1.807) is 13.8 Å². The maximum absolute atomic E-state index is 11.4. The third-order valence-corrected chi connectivity index (χ3v) is 2.38. The van der Waals surface area contributed by atoms with Crippen molar-refractivity contribution in [3.05, 3.63) is 0 Å². The van der Waals surface area contributed by atoms with E-state index >= 15 is 0 Å². The number of ether oxygens (including phenoxy) is 2. The highest BCUT2D eigenvalue weighted by Crippen LogP contribution is 2.21. The van der Waals surface area contributed by atoms with Crippen molar-refractivity contribution in [2.24, 2.45) is 0 Å². The van der Waals surface area contributed by atoms with Crippen molar-refractivity contribution in [2.75, 3.05) is 6.54 Å². The Hall–Kier alpha value is -1.79. The first-order valence-electron chi connectivity index (χ1n) is 5.19. The fourth-order valence-electron chi connectivity index (χ4n) is 1.40. The Kier molecular flexibility index (Phi) is 3.93. The second kappa shape index (κ2) is 5.03. The van der Waals surface area contributed by atoms with Crippen LogP contribution in [-0.4, -0.2) is 41.4 Å². The van der Waals surface area contributed by atoms with Crippen LogP contribution in [0.1, 0.15) is 26.7 Å². The summed E-state index contributed by atoms with van der Waals surface area (Å²) in [4.78, 5) is 32.5. The van der Waals surface area contributed by atoms with Crippen LogP contribution in [0.25, 0.3) is 0 Å². The fraction of sp³-hybridized carbons (Fsp3) is 0.700. The van der Waals surface area contributed by atoms with Gasteiger partial charge >= 0.3 is 18.0 Å². The molecule has 2 N–H and O–H groups in total. The predicted molar refractivity (Wildman–Crippen MR) is 55.3 cm³/mol. The van der Waals surface area contributed by atoms with Crippen LogP contribution >= 0.6 is 0 Å². The number of hydrogen-bond acceptors (Lipinski definition) is 5. The smallest absolute Gasteiger partial charge is 0.407 e. The number of carboxylic acid groups (broad SMARTS) is 1. The second-order valence-corrected chi connectivity index (χ2v) is 4.25. The molecule has 0 aliphatic carbocycles. The molecule has 0 spiro atoms. The summed E-state index contributed by atoms with van der Waals surface area (Å²) in [5.41, 5.74) is -0.977. The van der Waals surface area contributed by atoms with Gasteiger partial charge in [0, 0.05) is 0 Å². The zero-order valence-corrected chi connectivity index (χ0v) is 9.69. The number of hydrogen-bond donors (Lipinski definition) is 2. The van der Waals surface area contributed by atoms with Crippen LogP contribution in [-0.2, 0) is 19.1 Å². The Balaban J connectivity index is 2.45. The normalized spacial score (nSPS) is 19.4. The van der Waals surface area contributed by atoms with Gasteiger partial charge in [-0.05, 0) is 13.8 Å². The number of carbonyl (C=O) groups is 3. The zero-order chi connectivity index (χ0) is 13.1. The molecule has 1 saturated heterocycles. The van der Waals surface area contributed by atoms with Gasteiger partial charge in [-0.1, -0.05) is 0 Å². The molecular formula is C10H15NO6. The molecular weight excluding hydrogens is 230 g/mol. The van der Waals surface area contributed by atoms with Gasteiger partial charge in [-0.25, -0.2) is 4.79 Å². The van der Waals surface area contributed by atoms with Crippen molar-refractivity contribution >= 4 is 18.0 Å². The van der Waals surface area contributed by atoms with Gasteiger partial charge in [-0.3, -0.25) is 9.59 Å². The summed E-state index contributed by atoms with van der Waals surface area (Å²) in [5, 5.41) is 10.9. The zero-order valence-electron chi connectivity index (χ0n) is 9.69. The molecule has 1 amide bonds. The molecule has 0 aromatic heterocycles. The van der Waals surface area contributed by atoms with Crippen molar-refractivity contribution in [1.82, 2.24) is 5.32 Å². The molecule has 1 aliphatic rings. The van der Waals surface area contributed by atoms with E-state index < -0.39 is 29.7 Å². The van der Waals surface area contributed by atoms with Gasteiger partial charge in [0.05, 0.1) is 19.4 Å². The molecule has 1 heterocycles. The molecule has 1 rings (SSSR count). The topological polar surface area (TPSA) is 102 Å². The van der Waals surface area contributed by atoms with Crippen LogP contribution in [0.4, 0.5) is 4.79 Å². The number of rotatable bonds is 5. The van der Waals surface area contributed by atoms with E-state index in [-0.39, 0.29) is 19.4 Å². The van der Waals surface area contributed by atoms with Gasteiger partial charge in [0.15, 0.2) is 6.10 Å². The Morgan fingerprint density at radius 2 is 2.18 bits per heavy atom. The summed E-state index contributed by atoms with van der Waals surface area (Å²) in [6.07, 6.45) is -1.60. The van der Waals surface area contributed by atoms with Crippen molar-refractivity contribution in [3.8, 4) is 0 Å². The first-order chi connectivity index (χ1) is 7.81. The number of carbonyl (C=O) groups excluding carboxylic acids is 2. The van der Waals surface area contributed by atoms with Crippen molar-refractivity contribution in [1.29, 1.82) is 0 Å². The molecule has 17 heavy (non-hydrogen) atoms. The van der Waals surface area contributed by atoms with E-state index in [0.717, 1.165) is 0 Å². The molecule has 7 nitrogen and oxygen atoms in total. The highest BCUT2D eigenvalue weighted by molar-refractivity contribution is 5.77. The molecule has 1 fully saturated rings. The second-order valence-electron chi connectivity index (χ2n) is 4.25. The van der Waals surface area contributed by atoms with Crippen LogP contribution < -0.4 is 5.32 Å².